The Morgan fingerprint density at radius 3 is 2.55 bits per heavy atom. The number of halogens is 1. The molecule has 4 aromatic rings. The van der Waals surface area contributed by atoms with Crippen molar-refractivity contribution in [2.75, 3.05) is 13.1 Å². The van der Waals surface area contributed by atoms with E-state index in [1.807, 2.05) is 24.3 Å². The van der Waals surface area contributed by atoms with Gasteiger partial charge < -0.3 is 10.4 Å². The molecular weight excluding hydrogens is 418 g/mol. The fourth-order valence-electron chi connectivity index (χ4n) is 3.96. The average Bonchev–Trinajstić information content (AvgIpc) is 3.39. The second-order valence-electron chi connectivity index (χ2n) is 7.26. The van der Waals surface area contributed by atoms with Crippen molar-refractivity contribution in [1.29, 1.82) is 0 Å². The Bertz CT molecular complexity index is 1290. The van der Waals surface area contributed by atoms with Crippen molar-refractivity contribution in [1.82, 2.24) is 24.4 Å². The van der Waals surface area contributed by atoms with E-state index in [0.29, 0.717) is 17.0 Å². The monoisotopic (exact) mass is 437 g/mol. The van der Waals surface area contributed by atoms with Crippen molar-refractivity contribution in [3.63, 3.8) is 0 Å². The highest BCUT2D eigenvalue weighted by molar-refractivity contribution is 5.88. The number of pyridine rings is 2. The number of benzene rings is 1. The van der Waals surface area contributed by atoms with E-state index in [1.165, 1.54) is 0 Å². The molecule has 3 aromatic heterocycles. The van der Waals surface area contributed by atoms with Gasteiger partial charge in [-0.05, 0) is 49.4 Å². The van der Waals surface area contributed by atoms with Crippen molar-refractivity contribution >= 4 is 29.5 Å². The lowest BCUT2D eigenvalue weighted by atomic mass is 10.1. The molecule has 1 aromatic carbocycles. The highest BCUT2D eigenvalue weighted by Gasteiger charge is 2.24. The Morgan fingerprint density at radius 2 is 1.90 bits per heavy atom. The van der Waals surface area contributed by atoms with Crippen LogP contribution in [0.1, 0.15) is 22.8 Å². The van der Waals surface area contributed by atoms with Crippen LogP contribution in [0.15, 0.2) is 65.7 Å². The van der Waals surface area contributed by atoms with Crippen LogP contribution in [0.5, 0.6) is 0 Å². The molecule has 0 bridgehead atoms. The summed E-state index contributed by atoms with van der Waals surface area (Å²) in [6, 6.07) is 14.0. The standard InChI is InChI=1S/C22H19N5O3.ClH/c28-21(29)15-5-3-14(4-6-15)18-8-7-16(13-25-18)26-19-2-1-10-24-20(19)27(22(26)30)17-9-11-23-12-17;/h1-8,10,13,17,23H,9,11-12H2,(H,28,29);1H. The Balaban J connectivity index is 0.00000231. The second-order valence-corrected chi connectivity index (χ2v) is 7.26. The third kappa shape index (κ3) is 3.60. The number of imidazole rings is 1. The number of nitrogens with one attached hydrogen (secondary N) is 1. The Labute approximate surface area is 183 Å². The van der Waals surface area contributed by atoms with E-state index in [9.17, 15) is 9.59 Å². The van der Waals surface area contributed by atoms with Gasteiger partial charge in [-0.2, -0.15) is 0 Å². The SMILES string of the molecule is Cl.O=C(O)c1ccc(-c2ccc(-n3c(=O)n(C4CCNC4)c4ncccc43)cn2)cc1. The van der Waals surface area contributed by atoms with E-state index in [0.717, 1.165) is 30.6 Å². The maximum absolute atomic E-state index is 13.3. The van der Waals surface area contributed by atoms with E-state index in [2.05, 4.69) is 15.3 Å². The molecular formula is C22H20ClN5O3. The number of rotatable bonds is 4. The maximum Gasteiger partial charge on any atom is 0.335 e. The molecule has 1 unspecified atom stereocenters. The van der Waals surface area contributed by atoms with E-state index in [1.54, 1.807) is 45.8 Å². The Kier molecular flexibility index (Phi) is 5.58. The lowest BCUT2D eigenvalue weighted by Crippen LogP contribution is -2.28. The van der Waals surface area contributed by atoms with Crippen molar-refractivity contribution in [2.24, 2.45) is 0 Å². The first-order chi connectivity index (χ1) is 14.6. The molecule has 158 valence electrons. The summed E-state index contributed by atoms with van der Waals surface area (Å²) in [7, 11) is 0. The van der Waals surface area contributed by atoms with Crippen LogP contribution in [0.25, 0.3) is 28.1 Å². The zero-order valence-corrected chi connectivity index (χ0v) is 17.2. The molecule has 1 aliphatic rings. The molecule has 1 aliphatic heterocycles. The number of carboxylic acids is 1. The molecule has 1 atom stereocenters. The van der Waals surface area contributed by atoms with Crippen LogP contribution in [0, 0.1) is 0 Å². The van der Waals surface area contributed by atoms with E-state index >= 15 is 0 Å². The largest absolute Gasteiger partial charge is 0.478 e. The maximum atomic E-state index is 13.3. The Hall–Kier alpha value is -3.49. The zero-order valence-electron chi connectivity index (χ0n) is 16.4. The highest BCUT2D eigenvalue weighted by Crippen LogP contribution is 2.23. The van der Waals surface area contributed by atoms with Crippen LogP contribution in [0.2, 0.25) is 0 Å². The summed E-state index contributed by atoms with van der Waals surface area (Å²) >= 11 is 0. The number of hydrogen-bond donors (Lipinski definition) is 2. The number of carbonyl (C=O) groups is 1. The Morgan fingerprint density at radius 1 is 1.10 bits per heavy atom. The molecule has 4 heterocycles. The summed E-state index contributed by atoms with van der Waals surface area (Å²) in [5.74, 6) is -0.966. The molecule has 0 spiro atoms. The first kappa shape index (κ1) is 20.8. The number of fused-ring (bicyclic) bond motifs is 1. The van der Waals surface area contributed by atoms with Crippen LogP contribution in [0.4, 0.5) is 0 Å². The minimum atomic E-state index is -0.966. The summed E-state index contributed by atoms with van der Waals surface area (Å²) in [5, 5.41) is 12.3. The molecule has 9 heteroatoms. The number of aromatic nitrogens is 4. The molecule has 8 nitrogen and oxygen atoms in total. The average molecular weight is 438 g/mol. The molecule has 0 saturated carbocycles. The van der Waals surface area contributed by atoms with Gasteiger partial charge in [0.15, 0.2) is 5.65 Å². The number of carboxylic acid groups (broad SMARTS) is 1. The van der Waals surface area contributed by atoms with Gasteiger partial charge in [0.25, 0.3) is 0 Å². The first-order valence-electron chi connectivity index (χ1n) is 9.72. The van der Waals surface area contributed by atoms with Gasteiger partial charge in [0.2, 0.25) is 0 Å². The van der Waals surface area contributed by atoms with Crippen LogP contribution in [-0.4, -0.2) is 43.3 Å². The van der Waals surface area contributed by atoms with Gasteiger partial charge in [-0.3, -0.25) is 14.1 Å². The lowest BCUT2D eigenvalue weighted by Gasteiger charge is -2.09. The number of hydrogen-bond acceptors (Lipinski definition) is 5. The van der Waals surface area contributed by atoms with Gasteiger partial charge in [0.05, 0.1) is 34.7 Å². The number of aromatic carboxylic acids is 1. The summed E-state index contributed by atoms with van der Waals surface area (Å²) in [6.45, 7) is 1.63. The van der Waals surface area contributed by atoms with E-state index in [-0.39, 0.29) is 29.7 Å². The fraction of sp³-hybridized carbons (Fsp3) is 0.182. The molecule has 31 heavy (non-hydrogen) atoms. The van der Waals surface area contributed by atoms with E-state index in [4.69, 9.17) is 5.11 Å². The van der Waals surface area contributed by atoms with Crippen molar-refractivity contribution in [3.8, 4) is 16.9 Å². The summed E-state index contributed by atoms with van der Waals surface area (Å²) in [4.78, 5) is 33.3. The van der Waals surface area contributed by atoms with Gasteiger partial charge in [-0.1, -0.05) is 12.1 Å². The van der Waals surface area contributed by atoms with Gasteiger partial charge >= 0.3 is 11.7 Å². The first-order valence-corrected chi connectivity index (χ1v) is 9.72. The normalized spacial score (nSPS) is 15.7. The predicted molar refractivity (Wildman–Crippen MR) is 119 cm³/mol. The van der Waals surface area contributed by atoms with Gasteiger partial charge in [-0.15, -0.1) is 12.4 Å². The van der Waals surface area contributed by atoms with Gasteiger partial charge in [0, 0.05) is 18.3 Å². The molecule has 2 N–H and O–H groups in total. The minimum Gasteiger partial charge on any atom is -0.478 e. The molecule has 0 radical (unpaired) electrons. The highest BCUT2D eigenvalue weighted by atomic mass is 35.5. The van der Waals surface area contributed by atoms with E-state index < -0.39 is 5.97 Å². The summed E-state index contributed by atoms with van der Waals surface area (Å²) in [6.07, 6.45) is 4.25. The quantitative estimate of drug-likeness (QED) is 0.509. The molecule has 1 saturated heterocycles. The third-order valence-corrected chi connectivity index (χ3v) is 5.47. The minimum absolute atomic E-state index is 0. The topological polar surface area (TPSA) is 102 Å². The van der Waals surface area contributed by atoms with Crippen LogP contribution >= 0.6 is 12.4 Å². The van der Waals surface area contributed by atoms with Crippen molar-refractivity contribution < 1.29 is 9.90 Å². The molecule has 0 aliphatic carbocycles. The zero-order chi connectivity index (χ0) is 20.7. The summed E-state index contributed by atoms with van der Waals surface area (Å²) in [5.41, 5.74) is 3.68. The molecule has 5 rings (SSSR count). The van der Waals surface area contributed by atoms with Crippen molar-refractivity contribution in [3.05, 3.63) is 77.0 Å². The van der Waals surface area contributed by atoms with Gasteiger partial charge in [-0.25, -0.2) is 14.6 Å². The van der Waals surface area contributed by atoms with Crippen LogP contribution < -0.4 is 11.0 Å². The number of nitrogens with zero attached hydrogens (tertiary/aromatic N) is 4. The summed E-state index contributed by atoms with van der Waals surface area (Å²) < 4.78 is 3.42. The fourth-order valence-corrected chi connectivity index (χ4v) is 3.96. The lowest BCUT2D eigenvalue weighted by molar-refractivity contribution is 0.0697. The van der Waals surface area contributed by atoms with Crippen molar-refractivity contribution in [2.45, 2.75) is 12.5 Å². The second kappa shape index (κ2) is 8.33. The molecule has 0 amide bonds. The van der Waals surface area contributed by atoms with Crippen LogP contribution in [0.3, 0.4) is 0 Å². The molecule has 1 fully saturated rings. The van der Waals surface area contributed by atoms with Crippen LogP contribution in [-0.2, 0) is 0 Å². The smallest absolute Gasteiger partial charge is 0.335 e. The van der Waals surface area contributed by atoms with Gasteiger partial charge in [0.1, 0.15) is 0 Å². The predicted octanol–water partition coefficient (Wildman–Crippen LogP) is 2.90. The third-order valence-electron chi connectivity index (χ3n) is 5.47.